The Kier molecular flexibility index (Phi) is 5.94. The minimum Gasteiger partial charge on any atom is -0.340 e. The molecule has 1 N–H and O–H groups in total. The number of halogens is 1. The molecule has 1 fully saturated rings. The average molecular weight is 238 g/mol. The van der Waals surface area contributed by atoms with Crippen molar-refractivity contribution in [3.8, 4) is 0 Å². The Labute approximate surface area is 81.9 Å². The number of hydrogen-bond acceptors (Lipinski definition) is 3. The van der Waals surface area contributed by atoms with Gasteiger partial charge in [-0.2, -0.15) is 0 Å². The van der Waals surface area contributed by atoms with E-state index >= 15 is 0 Å². The molecule has 0 saturated carbocycles. The van der Waals surface area contributed by atoms with Crippen molar-refractivity contribution >= 4 is 15.9 Å². The zero-order valence-corrected chi connectivity index (χ0v) is 8.81. The second kappa shape index (κ2) is 6.83. The van der Waals surface area contributed by atoms with Crippen LogP contribution in [0.3, 0.4) is 0 Å². The molecule has 0 aromatic carbocycles. The number of rotatable bonds is 6. The maximum absolute atomic E-state index is 5.40. The van der Waals surface area contributed by atoms with E-state index in [0.717, 1.165) is 31.5 Å². The summed E-state index contributed by atoms with van der Waals surface area (Å²) in [6.07, 6.45) is 3.42. The zero-order valence-electron chi connectivity index (χ0n) is 7.22. The first-order valence-electron chi connectivity index (χ1n) is 4.46. The summed E-state index contributed by atoms with van der Waals surface area (Å²) in [4.78, 5) is 0. The Morgan fingerprint density at radius 1 is 1.42 bits per heavy atom. The molecule has 0 aromatic rings. The minimum atomic E-state index is -0.144. The monoisotopic (exact) mass is 237 g/mol. The molecule has 1 aliphatic rings. The van der Waals surface area contributed by atoms with Crippen LogP contribution < -0.4 is 5.32 Å². The first-order valence-corrected chi connectivity index (χ1v) is 5.58. The topological polar surface area (TPSA) is 30.5 Å². The molecule has 0 bridgehead atoms. The van der Waals surface area contributed by atoms with Gasteiger partial charge in [-0.3, -0.25) is 5.32 Å². The Bertz CT molecular complexity index is 107. The molecule has 1 saturated heterocycles. The van der Waals surface area contributed by atoms with E-state index in [1.54, 1.807) is 0 Å². The second-order valence-electron chi connectivity index (χ2n) is 2.78. The SMILES string of the molecule is BrCCCCCOC1NCCO1. The molecule has 1 atom stereocenters. The van der Waals surface area contributed by atoms with Crippen LogP contribution in [0.1, 0.15) is 19.3 Å². The Morgan fingerprint density at radius 2 is 2.33 bits per heavy atom. The highest BCUT2D eigenvalue weighted by molar-refractivity contribution is 9.09. The quantitative estimate of drug-likeness (QED) is 0.561. The Balaban J connectivity index is 1.81. The highest BCUT2D eigenvalue weighted by Gasteiger charge is 2.13. The smallest absolute Gasteiger partial charge is 0.216 e. The van der Waals surface area contributed by atoms with E-state index in [4.69, 9.17) is 9.47 Å². The van der Waals surface area contributed by atoms with Crippen molar-refractivity contribution < 1.29 is 9.47 Å². The van der Waals surface area contributed by atoms with E-state index < -0.39 is 0 Å². The van der Waals surface area contributed by atoms with E-state index in [2.05, 4.69) is 21.2 Å². The van der Waals surface area contributed by atoms with Gasteiger partial charge in [0.25, 0.3) is 0 Å². The van der Waals surface area contributed by atoms with Crippen molar-refractivity contribution in [1.82, 2.24) is 5.32 Å². The lowest BCUT2D eigenvalue weighted by atomic mass is 10.3. The molecule has 0 radical (unpaired) electrons. The van der Waals surface area contributed by atoms with Crippen molar-refractivity contribution in [1.29, 1.82) is 0 Å². The van der Waals surface area contributed by atoms with Gasteiger partial charge in [0, 0.05) is 11.9 Å². The van der Waals surface area contributed by atoms with E-state index in [1.165, 1.54) is 12.8 Å². The summed E-state index contributed by atoms with van der Waals surface area (Å²) < 4.78 is 10.6. The van der Waals surface area contributed by atoms with Gasteiger partial charge in [0.2, 0.25) is 6.41 Å². The Morgan fingerprint density at radius 3 is 3.00 bits per heavy atom. The standard InChI is InChI=1S/C8H16BrNO2/c9-4-2-1-3-6-11-8-10-5-7-12-8/h8,10H,1-7H2. The molecule has 0 aromatic heterocycles. The summed E-state index contributed by atoms with van der Waals surface area (Å²) in [5, 5.41) is 4.18. The fourth-order valence-corrected chi connectivity index (χ4v) is 1.47. The Hall–Kier alpha value is 0.360. The highest BCUT2D eigenvalue weighted by atomic mass is 79.9. The van der Waals surface area contributed by atoms with Gasteiger partial charge in [-0.05, 0) is 12.8 Å². The molecule has 1 rings (SSSR count). The number of hydrogen-bond donors (Lipinski definition) is 1. The van der Waals surface area contributed by atoms with Crippen LogP contribution in [0.5, 0.6) is 0 Å². The van der Waals surface area contributed by atoms with Crippen LogP contribution in [0.15, 0.2) is 0 Å². The van der Waals surface area contributed by atoms with Gasteiger partial charge in [0.15, 0.2) is 0 Å². The van der Waals surface area contributed by atoms with Crippen LogP contribution in [-0.2, 0) is 9.47 Å². The molecule has 72 valence electrons. The van der Waals surface area contributed by atoms with Crippen LogP contribution >= 0.6 is 15.9 Å². The predicted octanol–water partition coefficient (Wildman–Crippen LogP) is 1.47. The lowest BCUT2D eigenvalue weighted by Gasteiger charge is -2.10. The largest absolute Gasteiger partial charge is 0.340 e. The molecule has 0 amide bonds. The molecule has 3 nitrogen and oxygen atoms in total. The average Bonchev–Trinajstić information content (AvgIpc) is 2.57. The number of alkyl halides is 1. The fourth-order valence-electron chi connectivity index (χ4n) is 1.07. The van der Waals surface area contributed by atoms with Crippen LogP contribution in [0, 0.1) is 0 Å². The highest BCUT2D eigenvalue weighted by Crippen LogP contribution is 2.02. The summed E-state index contributed by atoms with van der Waals surface area (Å²) in [6.45, 7) is 2.48. The first kappa shape index (κ1) is 10.4. The van der Waals surface area contributed by atoms with Gasteiger partial charge in [-0.1, -0.05) is 22.4 Å². The van der Waals surface area contributed by atoms with Crippen molar-refractivity contribution in [2.24, 2.45) is 0 Å². The summed E-state index contributed by atoms with van der Waals surface area (Å²) in [6, 6.07) is 0. The van der Waals surface area contributed by atoms with E-state index in [1.807, 2.05) is 0 Å². The molecule has 0 spiro atoms. The van der Waals surface area contributed by atoms with Gasteiger partial charge in [0.1, 0.15) is 0 Å². The van der Waals surface area contributed by atoms with Crippen molar-refractivity contribution in [2.75, 3.05) is 25.1 Å². The lowest BCUT2D eigenvalue weighted by molar-refractivity contribution is -0.123. The summed E-state index contributed by atoms with van der Waals surface area (Å²) in [7, 11) is 0. The van der Waals surface area contributed by atoms with Gasteiger partial charge >= 0.3 is 0 Å². The molecular formula is C8H16BrNO2. The van der Waals surface area contributed by atoms with Crippen molar-refractivity contribution in [2.45, 2.75) is 25.7 Å². The molecule has 12 heavy (non-hydrogen) atoms. The van der Waals surface area contributed by atoms with Crippen LogP contribution in [0.25, 0.3) is 0 Å². The fraction of sp³-hybridized carbons (Fsp3) is 1.00. The maximum atomic E-state index is 5.40. The molecule has 1 heterocycles. The third-order valence-electron chi connectivity index (χ3n) is 1.73. The van der Waals surface area contributed by atoms with E-state index in [0.29, 0.717) is 0 Å². The molecule has 4 heteroatoms. The third kappa shape index (κ3) is 4.40. The van der Waals surface area contributed by atoms with Gasteiger partial charge in [-0.15, -0.1) is 0 Å². The van der Waals surface area contributed by atoms with Gasteiger partial charge in [0.05, 0.1) is 13.2 Å². The normalized spacial score (nSPS) is 23.2. The maximum Gasteiger partial charge on any atom is 0.216 e. The van der Waals surface area contributed by atoms with Crippen LogP contribution in [0.2, 0.25) is 0 Å². The van der Waals surface area contributed by atoms with E-state index in [-0.39, 0.29) is 6.41 Å². The van der Waals surface area contributed by atoms with Crippen LogP contribution in [0.4, 0.5) is 0 Å². The molecular weight excluding hydrogens is 222 g/mol. The van der Waals surface area contributed by atoms with Gasteiger partial charge < -0.3 is 9.47 Å². The molecule has 1 unspecified atom stereocenters. The van der Waals surface area contributed by atoms with Crippen molar-refractivity contribution in [3.05, 3.63) is 0 Å². The van der Waals surface area contributed by atoms with Crippen LogP contribution in [-0.4, -0.2) is 31.5 Å². The number of ether oxygens (including phenoxy) is 2. The minimum absolute atomic E-state index is 0.144. The van der Waals surface area contributed by atoms with Gasteiger partial charge in [-0.25, -0.2) is 0 Å². The molecule has 0 aliphatic carbocycles. The lowest BCUT2D eigenvalue weighted by Crippen LogP contribution is -2.26. The van der Waals surface area contributed by atoms with Crippen molar-refractivity contribution in [3.63, 3.8) is 0 Å². The number of nitrogens with one attached hydrogen (secondary N) is 1. The number of unbranched alkanes of at least 4 members (excludes halogenated alkanes) is 2. The zero-order chi connectivity index (χ0) is 8.65. The second-order valence-corrected chi connectivity index (χ2v) is 3.57. The summed E-state index contributed by atoms with van der Waals surface area (Å²) in [5.74, 6) is 0. The third-order valence-corrected chi connectivity index (χ3v) is 2.29. The predicted molar refractivity (Wildman–Crippen MR) is 51.3 cm³/mol. The summed E-state index contributed by atoms with van der Waals surface area (Å²) in [5.41, 5.74) is 0. The first-order chi connectivity index (χ1) is 5.93. The summed E-state index contributed by atoms with van der Waals surface area (Å²) >= 11 is 3.39. The van der Waals surface area contributed by atoms with E-state index in [9.17, 15) is 0 Å². The molecule has 1 aliphatic heterocycles.